The van der Waals surface area contributed by atoms with Crippen molar-refractivity contribution in [2.45, 2.75) is 45.4 Å². The van der Waals surface area contributed by atoms with Crippen LogP contribution in [0, 0.1) is 17.2 Å². The van der Waals surface area contributed by atoms with Gasteiger partial charge in [-0.1, -0.05) is 12.8 Å². The van der Waals surface area contributed by atoms with Crippen LogP contribution in [0.4, 0.5) is 0 Å². The molecule has 2 heterocycles. The van der Waals surface area contributed by atoms with E-state index in [1.54, 1.807) is 17.0 Å². The SMILES string of the molecule is CCOc1cc(C#N)cc(Br)c1OCC(=O)N1CCC(C(=O)N2CCCCCC2)CC1. The number of hydrogen-bond donors (Lipinski definition) is 0. The summed E-state index contributed by atoms with van der Waals surface area (Å²) in [6.45, 7) is 5.03. The summed E-state index contributed by atoms with van der Waals surface area (Å²) in [5.74, 6) is 1.01. The number of likely N-dealkylation sites (tertiary alicyclic amines) is 2. The number of halogens is 1. The number of benzene rings is 1. The largest absolute Gasteiger partial charge is 0.490 e. The molecule has 31 heavy (non-hydrogen) atoms. The predicted molar refractivity (Wildman–Crippen MR) is 120 cm³/mol. The van der Waals surface area contributed by atoms with Crippen LogP contribution in [0.1, 0.15) is 51.0 Å². The van der Waals surface area contributed by atoms with Gasteiger partial charge in [0.2, 0.25) is 5.91 Å². The van der Waals surface area contributed by atoms with E-state index < -0.39 is 0 Å². The van der Waals surface area contributed by atoms with Crippen LogP contribution in [0.25, 0.3) is 0 Å². The molecule has 7 nitrogen and oxygen atoms in total. The molecule has 0 aliphatic carbocycles. The molecule has 3 rings (SSSR count). The fourth-order valence-corrected chi connectivity index (χ4v) is 4.74. The maximum Gasteiger partial charge on any atom is 0.260 e. The molecule has 0 N–H and O–H groups in total. The van der Waals surface area contributed by atoms with Gasteiger partial charge < -0.3 is 19.3 Å². The third-order valence-electron chi connectivity index (χ3n) is 5.89. The number of nitriles is 1. The molecule has 0 saturated carbocycles. The monoisotopic (exact) mass is 491 g/mol. The van der Waals surface area contributed by atoms with Crippen molar-refractivity contribution in [2.75, 3.05) is 39.4 Å². The first-order chi connectivity index (χ1) is 15.0. The Hall–Kier alpha value is -2.27. The zero-order valence-corrected chi connectivity index (χ0v) is 19.7. The number of amides is 2. The van der Waals surface area contributed by atoms with Gasteiger partial charge in [0.1, 0.15) is 0 Å². The summed E-state index contributed by atoms with van der Waals surface area (Å²) < 4.78 is 11.9. The van der Waals surface area contributed by atoms with Crippen LogP contribution in [-0.4, -0.2) is 61.0 Å². The average molecular weight is 492 g/mol. The molecule has 2 aliphatic rings. The minimum atomic E-state index is -0.116. The summed E-state index contributed by atoms with van der Waals surface area (Å²) in [7, 11) is 0. The predicted octanol–water partition coefficient (Wildman–Crippen LogP) is 3.74. The summed E-state index contributed by atoms with van der Waals surface area (Å²) in [5.41, 5.74) is 0.449. The summed E-state index contributed by atoms with van der Waals surface area (Å²) >= 11 is 3.40. The summed E-state index contributed by atoms with van der Waals surface area (Å²) in [5, 5.41) is 9.14. The molecule has 2 aliphatic heterocycles. The number of piperidine rings is 1. The highest BCUT2D eigenvalue weighted by molar-refractivity contribution is 9.10. The summed E-state index contributed by atoms with van der Waals surface area (Å²) in [4.78, 5) is 29.3. The first kappa shape index (κ1) is 23.4. The Morgan fingerprint density at radius 2 is 1.74 bits per heavy atom. The van der Waals surface area contributed by atoms with Crippen LogP contribution < -0.4 is 9.47 Å². The summed E-state index contributed by atoms with van der Waals surface area (Å²) in [6.07, 6.45) is 6.00. The molecule has 0 spiro atoms. The average Bonchev–Trinajstić information content (AvgIpc) is 3.07. The highest BCUT2D eigenvalue weighted by atomic mass is 79.9. The van der Waals surface area contributed by atoms with Crippen molar-refractivity contribution >= 4 is 27.7 Å². The van der Waals surface area contributed by atoms with E-state index in [9.17, 15) is 9.59 Å². The highest BCUT2D eigenvalue weighted by Crippen LogP contribution is 2.37. The van der Waals surface area contributed by atoms with Gasteiger partial charge in [0.15, 0.2) is 18.1 Å². The Kier molecular flexibility index (Phi) is 8.59. The molecule has 0 unspecified atom stereocenters. The Balaban J connectivity index is 1.52. The molecule has 0 atom stereocenters. The fraction of sp³-hybridized carbons (Fsp3) is 0.609. The van der Waals surface area contributed by atoms with E-state index >= 15 is 0 Å². The van der Waals surface area contributed by atoms with E-state index in [0.29, 0.717) is 54.1 Å². The van der Waals surface area contributed by atoms with Gasteiger partial charge in [-0.05, 0) is 54.6 Å². The van der Waals surface area contributed by atoms with E-state index in [-0.39, 0.29) is 24.3 Å². The molecular formula is C23H30BrN3O4. The topological polar surface area (TPSA) is 82.9 Å². The van der Waals surface area contributed by atoms with Crippen molar-refractivity contribution in [2.24, 2.45) is 5.92 Å². The van der Waals surface area contributed by atoms with Crippen LogP contribution in [0.2, 0.25) is 0 Å². The minimum Gasteiger partial charge on any atom is -0.490 e. The third-order valence-corrected chi connectivity index (χ3v) is 6.48. The molecule has 2 amide bonds. The quantitative estimate of drug-likeness (QED) is 0.605. The Morgan fingerprint density at radius 1 is 1.06 bits per heavy atom. The lowest BCUT2D eigenvalue weighted by atomic mass is 9.95. The van der Waals surface area contributed by atoms with Gasteiger partial charge in [-0.3, -0.25) is 9.59 Å². The van der Waals surface area contributed by atoms with Crippen molar-refractivity contribution in [3.05, 3.63) is 22.2 Å². The van der Waals surface area contributed by atoms with Crippen LogP contribution >= 0.6 is 15.9 Å². The van der Waals surface area contributed by atoms with Crippen molar-refractivity contribution in [1.82, 2.24) is 9.80 Å². The molecule has 0 bridgehead atoms. The molecule has 2 fully saturated rings. The van der Waals surface area contributed by atoms with Crippen LogP contribution in [0.15, 0.2) is 16.6 Å². The normalized spacial score (nSPS) is 17.6. The van der Waals surface area contributed by atoms with Gasteiger partial charge in [0.05, 0.1) is 22.7 Å². The number of carbonyl (C=O) groups is 2. The van der Waals surface area contributed by atoms with Crippen LogP contribution in [0.3, 0.4) is 0 Å². The number of hydrogen-bond acceptors (Lipinski definition) is 5. The maximum absolute atomic E-state index is 12.8. The molecule has 2 saturated heterocycles. The second kappa shape index (κ2) is 11.4. The smallest absolute Gasteiger partial charge is 0.260 e. The van der Waals surface area contributed by atoms with Crippen molar-refractivity contribution < 1.29 is 19.1 Å². The number of nitrogens with zero attached hydrogens (tertiary/aromatic N) is 3. The zero-order chi connectivity index (χ0) is 22.2. The van der Waals surface area contributed by atoms with Gasteiger partial charge >= 0.3 is 0 Å². The second-order valence-corrected chi connectivity index (χ2v) is 8.87. The van der Waals surface area contributed by atoms with Gasteiger partial charge in [-0.15, -0.1) is 0 Å². The summed E-state index contributed by atoms with van der Waals surface area (Å²) in [6, 6.07) is 5.33. The first-order valence-corrected chi connectivity index (χ1v) is 11.9. The van der Waals surface area contributed by atoms with E-state index in [1.807, 2.05) is 11.8 Å². The number of rotatable bonds is 6. The molecule has 1 aromatic carbocycles. The van der Waals surface area contributed by atoms with Crippen molar-refractivity contribution in [3.63, 3.8) is 0 Å². The van der Waals surface area contributed by atoms with Gasteiger partial charge in [-0.2, -0.15) is 5.26 Å². The lowest BCUT2D eigenvalue weighted by Gasteiger charge is -2.34. The van der Waals surface area contributed by atoms with Gasteiger partial charge in [0, 0.05) is 38.2 Å². The first-order valence-electron chi connectivity index (χ1n) is 11.1. The van der Waals surface area contributed by atoms with Crippen molar-refractivity contribution in [3.8, 4) is 17.6 Å². The van der Waals surface area contributed by atoms with E-state index in [4.69, 9.17) is 14.7 Å². The molecule has 0 radical (unpaired) electrons. The fourth-order valence-electron chi connectivity index (χ4n) is 4.19. The highest BCUT2D eigenvalue weighted by Gasteiger charge is 2.30. The molecular weight excluding hydrogens is 462 g/mol. The molecule has 168 valence electrons. The van der Waals surface area contributed by atoms with Crippen LogP contribution in [-0.2, 0) is 9.59 Å². The number of ether oxygens (including phenoxy) is 2. The van der Waals surface area contributed by atoms with Gasteiger partial charge in [-0.25, -0.2) is 0 Å². The molecule has 1 aromatic rings. The third kappa shape index (κ3) is 6.13. The maximum atomic E-state index is 12.8. The van der Waals surface area contributed by atoms with Crippen molar-refractivity contribution in [1.29, 1.82) is 5.26 Å². The van der Waals surface area contributed by atoms with E-state index in [2.05, 4.69) is 22.0 Å². The second-order valence-electron chi connectivity index (χ2n) is 8.01. The Morgan fingerprint density at radius 3 is 2.35 bits per heavy atom. The molecule has 0 aromatic heterocycles. The van der Waals surface area contributed by atoms with E-state index in [0.717, 1.165) is 25.9 Å². The lowest BCUT2D eigenvalue weighted by Crippen LogP contribution is -2.45. The van der Waals surface area contributed by atoms with Gasteiger partial charge in [0.25, 0.3) is 5.91 Å². The molecule has 8 heteroatoms. The lowest BCUT2D eigenvalue weighted by molar-refractivity contribution is -0.141. The standard InChI is InChI=1S/C23H30BrN3O4/c1-2-30-20-14-17(15-25)13-19(24)22(20)31-16-21(28)26-11-7-18(8-12-26)23(29)27-9-5-3-4-6-10-27/h13-14,18H,2-12,16H2,1H3. The Labute approximate surface area is 192 Å². The van der Waals surface area contributed by atoms with E-state index in [1.165, 1.54) is 12.8 Å². The Bertz CT molecular complexity index is 823. The minimum absolute atomic E-state index is 0.0142. The zero-order valence-electron chi connectivity index (χ0n) is 18.1. The van der Waals surface area contributed by atoms with Crippen LogP contribution in [0.5, 0.6) is 11.5 Å². The number of carbonyl (C=O) groups excluding carboxylic acids is 2.